The van der Waals surface area contributed by atoms with Gasteiger partial charge >= 0.3 is 11.9 Å². The van der Waals surface area contributed by atoms with Crippen LogP contribution >= 0.6 is 0 Å². The summed E-state index contributed by atoms with van der Waals surface area (Å²) in [5, 5.41) is 11.0. The van der Waals surface area contributed by atoms with Crippen LogP contribution in [0.25, 0.3) is 0 Å². The molecule has 0 fully saturated rings. The molecule has 0 amide bonds. The number of nitro benzene ring substituents is 1. The van der Waals surface area contributed by atoms with Gasteiger partial charge in [0.25, 0.3) is 5.69 Å². The number of non-ortho nitro benzene ring substituents is 1. The first kappa shape index (κ1) is 23.2. The van der Waals surface area contributed by atoms with Crippen LogP contribution in [0.4, 0.5) is 18.9 Å². The predicted molar refractivity (Wildman–Crippen MR) is 93.0 cm³/mol. The zero-order chi connectivity index (χ0) is 21.2. The molecule has 0 aliphatic rings. The molecule has 0 aliphatic carbocycles. The predicted octanol–water partition coefficient (Wildman–Crippen LogP) is 3.20. The number of hydrogen-bond acceptors (Lipinski definition) is 6. The summed E-state index contributed by atoms with van der Waals surface area (Å²) in [5.41, 5.74) is -4.43. The van der Waals surface area contributed by atoms with Crippen molar-refractivity contribution in [3.63, 3.8) is 0 Å². The van der Waals surface area contributed by atoms with Gasteiger partial charge in [0, 0.05) is 29.1 Å². The van der Waals surface area contributed by atoms with Crippen molar-refractivity contribution >= 4 is 23.0 Å². The number of nitrogens with zero attached hydrogens (tertiary/aromatic N) is 1. The third-order valence-electron chi connectivity index (χ3n) is 3.71. The van der Waals surface area contributed by atoms with Crippen molar-refractivity contribution in [1.29, 1.82) is 0 Å². The topological polar surface area (TPSA) is 105 Å². The number of rotatable bonds is 7. The highest BCUT2D eigenvalue weighted by Crippen LogP contribution is 2.42. The lowest BCUT2D eigenvalue weighted by Crippen LogP contribution is -2.62. The molecule has 27 heavy (non-hydrogen) atoms. The van der Waals surface area contributed by atoms with Gasteiger partial charge in [-0.05, 0) is 40.7 Å². The minimum absolute atomic E-state index is 0.371. The van der Waals surface area contributed by atoms with Crippen LogP contribution in [-0.2, 0) is 26.4 Å². The molecular weight excluding hydrogens is 389 g/mol. The Morgan fingerprint density at radius 1 is 1.30 bits per heavy atom. The minimum atomic E-state index is -4.39. The first-order valence-electron chi connectivity index (χ1n) is 7.87. The van der Waals surface area contributed by atoms with E-state index in [1.807, 2.05) is 0 Å². The fourth-order valence-electron chi connectivity index (χ4n) is 2.06. The minimum Gasteiger partial charge on any atom is -0.598 e. The molecule has 1 rings (SSSR count). The van der Waals surface area contributed by atoms with Crippen LogP contribution in [0.3, 0.4) is 0 Å². The normalized spacial score (nSPS) is 15.7. The van der Waals surface area contributed by atoms with Crippen LogP contribution in [0.5, 0.6) is 0 Å². The van der Waals surface area contributed by atoms with Crippen LogP contribution in [0.2, 0.25) is 0 Å². The highest BCUT2D eigenvalue weighted by molar-refractivity contribution is 7.90. The van der Waals surface area contributed by atoms with Crippen molar-refractivity contribution in [2.75, 3.05) is 6.61 Å². The lowest BCUT2D eigenvalue weighted by molar-refractivity contribution is -0.385. The summed E-state index contributed by atoms with van der Waals surface area (Å²) in [7, 11) is 0. The Bertz CT molecular complexity index is 726. The molecule has 0 spiro atoms. The monoisotopic (exact) mass is 410 g/mol. The summed E-state index contributed by atoms with van der Waals surface area (Å²) in [6.07, 6.45) is 0. The van der Waals surface area contributed by atoms with Gasteiger partial charge in [0.2, 0.25) is 0 Å². The molecule has 1 unspecified atom stereocenters. The summed E-state index contributed by atoms with van der Waals surface area (Å²) < 4.78 is 62.3. The average Bonchev–Trinajstić information content (AvgIpc) is 2.53. The molecule has 0 saturated heterocycles. The highest BCUT2D eigenvalue weighted by Gasteiger charge is 2.62. The van der Waals surface area contributed by atoms with Gasteiger partial charge in [-0.15, -0.1) is 4.72 Å². The van der Waals surface area contributed by atoms with Gasteiger partial charge < -0.3 is 9.29 Å². The molecule has 0 heterocycles. The molecule has 0 aliphatic heterocycles. The van der Waals surface area contributed by atoms with E-state index in [1.54, 1.807) is 0 Å². The number of hydrogen-bond donors (Lipinski definition) is 1. The fraction of sp³-hybridized carbons (Fsp3) is 0.562. The summed E-state index contributed by atoms with van der Waals surface area (Å²) in [5.74, 6) is -7.60. The van der Waals surface area contributed by atoms with Crippen molar-refractivity contribution in [2.24, 2.45) is 0 Å². The van der Waals surface area contributed by atoms with Crippen LogP contribution in [-0.4, -0.2) is 32.7 Å². The molecule has 7 nitrogen and oxygen atoms in total. The van der Waals surface area contributed by atoms with E-state index in [4.69, 9.17) is 0 Å². The van der Waals surface area contributed by atoms with E-state index in [0.29, 0.717) is 12.1 Å². The highest BCUT2D eigenvalue weighted by atomic mass is 32.2. The van der Waals surface area contributed by atoms with Gasteiger partial charge in [0.15, 0.2) is 5.54 Å². The molecule has 11 heteroatoms. The van der Waals surface area contributed by atoms with Crippen LogP contribution in [0.15, 0.2) is 18.2 Å². The molecule has 0 saturated carbocycles. The molecule has 0 bridgehead atoms. The Labute approximate surface area is 157 Å². The third-order valence-corrected chi connectivity index (χ3v) is 5.42. The molecule has 1 aromatic rings. The van der Waals surface area contributed by atoms with E-state index >= 15 is 0 Å². The zero-order valence-corrected chi connectivity index (χ0v) is 16.3. The van der Waals surface area contributed by atoms with Crippen LogP contribution in [0.1, 0.15) is 40.2 Å². The number of alkyl halides is 2. The Morgan fingerprint density at radius 3 is 2.30 bits per heavy atom. The van der Waals surface area contributed by atoms with Gasteiger partial charge in [-0.3, -0.25) is 10.1 Å². The molecule has 152 valence electrons. The quantitative estimate of drug-likeness (QED) is 0.320. The van der Waals surface area contributed by atoms with Crippen molar-refractivity contribution in [1.82, 2.24) is 4.72 Å². The fourth-order valence-corrected chi connectivity index (χ4v) is 2.98. The maximum absolute atomic E-state index is 15.0. The average molecular weight is 410 g/mol. The number of carbonyl (C=O) groups excluding carboxylic acids is 1. The molecule has 0 radical (unpaired) electrons. The Morgan fingerprint density at radius 2 is 1.85 bits per heavy atom. The number of ether oxygens (including phenoxy) is 1. The van der Waals surface area contributed by atoms with E-state index in [9.17, 15) is 32.6 Å². The van der Waals surface area contributed by atoms with Gasteiger partial charge in [0.05, 0.1) is 11.5 Å². The number of nitro groups is 1. The number of esters is 1. The first-order chi connectivity index (χ1) is 12.2. The molecule has 2 atom stereocenters. The summed E-state index contributed by atoms with van der Waals surface area (Å²) in [4.78, 5) is 22.0. The Kier molecular flexibility index (Phi) is 6.90. The zero-order valence-electron chi connectivity index (χ0n) is 15.5. The third kappa shape index (κ3) is 4.71. The molecular formula is C16H21F3N2O5S. The summed E-state index contributed by atoms with van der Waals surface area (Å²) >= 11 is -2.17. The van der Waals surface area contributed by atoms with E-state index in [-0.39, 0.29) is 6.61 Å². The first-order valence-corrected chi connectivity index (χ1v) is 9.02. The van der Waals surface area contributed by atoms with Crippen molar-refractivity contribution < 1.29 is 32.2 Å². The number of halogens is 3. The molecule has 1 aromatic carbocycles. The Balaban J connectivity index is 3.67. The van der Waals surface area contributed by atoms with E-state index in [0.717, 1.165) is 13.0 Å². The van der Waals surface area contributed by atoms with Crippen molar-refractivity contribution in [3.8, 4) is 0 Å². The second kappa shape index (κ2) is 8.03. The maximum atomic E-state index is 15.0. The van der Waals surface area contributed by atoms with E-state index in [1.165, 1.54) is 27.7 Å². The second-order valence-corrected chi connectivity index (χ2v) is 8.79. The second-order valence-electron chi connectivity index (χ2n) is 6.82. The lowest BCUT2D eigenvalue weighted by Gasteiger charge is -2.38. The van der Waals surface area contributed by atoms with Gasteiger partial charge in [-0.1, -0.05) is 0 Å². The molecule has 0 aromatic heterocycles. The lowest BCUT2D eigenvalue weighted by atomic mass is 9.85. The molecule has 1 N–H and O–H groups in total. The van der Waals surface area contributed by atoms with Crippen molar-refractivity contribution in [2.45, 2.75) is 50.8 Å². The van der Waals surface area contributed by atoms with Gasteiger partial charge in [-0.25, -0.2) is 9.18 Å². The standard InChI is InChI=1S/C16H21F3N2O5S/c1-6-26-13(22)16(18,19)15(5,20-27(25)14(2,3)4)11-9-10(21(23)24)7-8-12(11)17/h7-9,20H,6H2,1-5H3/t15?,27-/m1/s1. The SMILES string of the molecule is CCOC(=O)C(F)(F)C(C)(N[S@+]([O-])C(C)(C)C)c1cc([N+](=O)[O-])ccc1F. The van der Waals surface area contributed by atoms with Crippen LogP contribution in [0, 0.1) is 15.9 Å². The number of carbonyl (C=O) groups is 1. The number of nitrogens with one attached hydrogen (secondary N) is 1. The maximum Gasteiger partial charge on any atom is 0.379 e. The van der Waals surface area contributed by atoms with Gasteiger partial charge in [0.1, 0.15) is 10.6 Å². The van der Waals surface area contributed by atoms with Crippen molar-refractivity contribution in [3.05, 3.63) is 39.7 Å². The summed E-state index contributed by atoms with van der Waals surface area (Å²) in [6.45, 7) is 6.11. The van der Waals surface area contributed by atoms with E-state index < -0.39 is 55.5 Å². The van der Waals surface area contributed by atoms with E-state index in [2.05, 4.69) is 9.46 Å². The van der Waals surface area contributed by atoms with Gasteiger partial charge in [-0.2, -0.15) is 8.78 Å². The van der Waals surface area contributed by atoms with Crippen LogP contribution < -0.4 is 4.72 Å². The smallest absolute Gasteiger partial charge is 0.379 e. The number of benzene rings is 1. The largest absolute Gasteiger partial charge is 0.598 e. The summed E-state index contributed by atoms with van der Waals surface area (Å²) in [6, 6.07) is 2.01. The Hall–Kier alpha value is -1.85.